The van der Waals surface area contributed by atoms with Gasteiger partial charge in [-0.25, -0.2) is 4.79 Å². The molecule has 0 saturated carbocycles. The Kier molecular flexibility index (Phi) is 1.83. The van der Waals surface area contributed by atoms with E-state index in [1.165, 1.54) is 6.08 Å². The summed E-state index contributed by atoms with van der Waals surface area (Å²) in [4.78, 5) is 16.2. The fourth-order valence-corrected chi connectivity index (χ4v) is 1.79. The smallest absolute Gasteiger partial charge is 0.334 e. The zero-order valence-electron chi connectivity index (χ0n) is 8.42. The van der Waals surface area contributed by atoms with E-state index in [-0.39, 0.29) is 5.97 Å². The summed E-state index contributed by atoms with van der Waals surface area (Å²) in [5.41, 5.74) is 1.77. The molecule has 0 saturated heterocycles. The van der Waals surface area contributed by atoms with E-state index in [1.807, 2.05) is 30.3 Å². The monoisotopic (exact) mass is 215 g/mol. The summed E-state index contributed by atoms with van der Waals surface area (Å²) in [7, 11) is 0. The van der Waals surface area contributed by atoms with Crippen molar-refractivity contribution >= 4 is 11.7 Å². The molecule has 0 N–H and O–H groups in total. The van der Waals surface area contributed by atoms with Gasteiger partial charge in [-0.1, -0.05) is 35.5 Å². The Morgan fingerprint density at radius 1 is 1.25 bits per heavy atom. The van der Waals surface area contributed by atoms with Crippen LogP contribution in [0.25, 0.3) is 0 Å². The lowest BCUT2D eigenvalue weighted by atomic mass is 10.0. The van der Waals surface area contributed by atoms with Crippen molar-refractivity contribution in [3.8, 4) is 0 Å². The quantitative estimate of drug-likeness (QED) is 0.669. The third kappa shape index (κ3) is 1.39. The maximum absolute atomic E-state index is 11.0. The lowest BCUT2D eigenvalue weighted by Crippen LogP contribution is -2.28. The van der Waals surface area contributed by atoms with Crippen LogP contribution in [0.3, 0.4) is 0 Å². The van der Waals surface area contributed by atoms with E-state index in [1.54, 1.807) is 6.08 Å². The molecule has 1 aromatic rings. The molecule has 1 aromatic carbocycles. The molecule has 2 aliphatic rings. The third-order valence-corrected chi connectivity index (χ3v) is 2.58. The normalized spacial score (nSPS) is 26.8. The van der Waals surface area contributed by atoms with E-state index >= 15 is 0 Å². The molecule has 0 fully saturated rings. The van der Waals surface area contributed by atoms with Crippen molar-refractivity contribution in [1.29, 1.82) is 0 Å². The summed E-state index contributed by atoms with van der Waals surface area (Å²) in [5, 5.41) is 3.96. The predicted molar refractivity (Wildman–Crippen MR) is 56.6 cm³/mol. The molecule has 0 aromatic heterocycles. The number of hydrogen-bond donors (Lipinski definition) is 0. The first kappa shape index (κ1) is 9.15. The van der Waals surface area contributed by atoms with Crippen LogP contribution < -0.4 is 0 Å². The van der Waals surface area contributed by atoms with Gasteiger partial charge >= 0.3 is 11.8 Å². The largest absolute Gasteiger partial charge is 0.413 e. The Bertz CT molecular complexity index is 492. The Balaban J connectivity index is 1.83. The van der Waals surface area contributed by atoms with E-state index in [2.05, 4.69) is 5.16 Å². The summed E-state index contributed by atoms with van der Waals surface area (Å²) in [6.45, 7) is 0. The van der Waals surface area contributed by atoms with Crippen LogP contribution in [-0.4, -0.2) is 17.5 Å². The molecule has 2 heterocycles. The van der Waals surface area contributed by atoms with Crippen molar-refractivity contribution in [1.82, 2.24) is 0 Å². The zero-order valence-corrected chi connectivity index (χ0v) is 8.42. The molecule has 4 nitrogen and oxygen atoms in total. The lowest BCUT2D eigenvalue weighted by Gasteiger charge is -2.16. The molecule has 1 unspecified atom stereocenters. The van der Waals surface area contributed by atoms with Gasteiger partial charge < -0.3 is 9.57 Å². The molecule has 0 aliphatic carbocycles. The number of carbonyl (C=O) groups is 1. The minimum absolute atomic E-state index is 0.385. The van der Waals surface area contributed by atoms with Crippen LogP contribution in [0.1, 0.15) is 12.0 Å². The minimum atomic E-state index is -0.998. The molecule has 1 spiro atoms. The Labute approximate surface area is 92.2 Å². The second-order valence-corrected chi connectivity index (χ2v) is 3.74. The van der Waals surface area contributed by atoms with Crippen LogP contribution >= 0.6 is 0 Å². The van der Waals surface area contributed by atoms with Crippen molar-refractivity contribution < 1.29 is 14.4 Å². The van der Waals surface area contributed by atoms with Gasteiger partial charge in [-0.3, -0.25) is 0 Å². The summed E-state index contributed by atoms with van der Waals surface area (Å²) < 4.78 is 5.07. The molecule has 4 heteroatoms. The molecular weight excluding hydrogens is 206 g/mol. The van der Waals surface area contributed by atoms with Gasteiger partial charge in [0.15, 0.2) is 0 Å². The van der Waals surface area contributed by atoms with Crippen molar-refractivity contribution in [3.05, 3.63) is 48.0 Å². The average Bonchev–Trinajstić information content (AvgIpc) is 2.88. The number of nitrogens with zero attached hydrogens (tertiary/aromatic N) is 1. The van der Waals surface area contributed by atoms with Crippen LogP contribution in [-0.2, 0) is 14.4 Å². The first-order valence-corrected chi connectivity index (χ1v) is 5.00. The van der Waals surface area contributed by atoms with Crippen LogP contribution in [0.15, 0.2) is 47.6 Å². The second kappa shape index (κ2) is 3.20. The van der Waals surface area contributed by atoms with E-state index in [0.717, 1.165) is 11.3 Å². The molecular formula is C12H9NO3. The molecule has 80 valence electrons. The highest BCUT2D eigenvalue weighted by atomic mass is 16.8. The molecule has 3 rings (SSSR count). The highest BCUT2D eigenvalue weighted by Gasteiger charge is 2.44. The fourth-order valence-electron chi connectivity index (χ4n) is 1.79. The predicted octanol–water partition coefficient (Wildman–Crippen LogP) is 1.62. The maximum Gasteiger partial charge on any atom is 0.334 e. The van der Waals surface area contributed by atoms with E-state index < -0.39 is 5.79 Å². The van der Waals surface area contributed by atoms with Gasteiger partial charge in [-0.2, -0.15) is 0 Å². The first-order chi connectivity index (χ1) is 7.77. The number of esters is 1. The highest BCUT2D eigenvalue weighted by molar-refractivity contribution is 6.02. The zero-order chi connectivity index (χ0) is 11.0. The fraction of sp³-hybridized carbons (Fsp3) is 0.167. The number of ether oxygens (including phenoxy) is 1. The molecule has 16 heavy (non-hydrogen) atoms. The van der Waals surface area contributed by atoms with E-state index in [0.29, 0.717) is 6.42 Å². The molecule has 1 atom stereocenters. The molecule has 0 bridgehead atoms. The van der Waals surface area contributed by atoms with Gasteiger partial charge in [0.2, 0.25) is 0 Å². The standard InChI is InChI=1S/C12H9NO3/c14-11-6-7-12(15-11)8-10(13-16-12)9-4-2-1-3-5-9/h1-7H,8H2. The number of hydrogen-bond acceptors (Lipinski definition) is 4. The number of oxime groups is 1. The Morgan fingerprint density at radius 2 is 2.06 bits per heavy atom. The topological polar surface area (TPSA) is 47.9 Å². The van der Waals surface area contributed by atoms with Crippen LogP contribution in [0, 0.1) is 0 Å². The number of carbonyl (C=O) groups excluding carboxylic acids is 1. The van der Waals surface area contributed by atoms with Crippen molar-refractivity contribution in [2.45, 2.75) is 12.2 Å². The van der Waals surface area contributed by atoms with Gasteiger partial charge in [0.1, 0.15) is 0 Å². The summed E-state index contributed by atoms with van der Waals surface area (Å²) in [5.74, 6) is -1.38. The van der Waals surface area contributed by atoms with Crippen molar-refractivity contribution in [2.24, 2.45) is 5.16 Å². The maximum atomic E-state index is 11.0. The summed E-state index contributed by atoms with van der Waals surface area (Å²) in [6, 6.07) is 9.69. The Hall–Kier alpha value is -2.10. The van der Waals surface area contributed by atoms with Crippen LogP contribution in [0.5, 0.6) is 0 Å². The van der Waals surface area contributed by atoms with Gasteiger partial charge in [-0.15, -0.1) is 0 Å². The van der Waals surface area contributed by atoms with Crippen molar-refractivity contribution in [3.63, 3.8) is 0 Å². The van der Waals surface area contributed by atoms with Gasteiger partial charge in [0.25, 0.3) is 0 Å². The summed E-state index contributed by atoms with van der Waals surface area (Å²) >= 11 is 0. The third-order valence-electron chi connectivity index (χ3n) is 2.58. The molecule has 2 aliphatic heterocycles. The van der Waals surface area contributed by atoms with Crippen LogP contribution in [0.2, 0.25) is 0 Å². The first-order valence-electron chi connectivity index (χ1n) is 5.00. The highest BCUT2D eigenvalue weighted by Crippen LogP contribution is 2.32. The van der Waals surface area contributed by atoms with Crippen molar-refractivity contribution in [2.75, 3.05) is 0 Å². The minimum Gasteiger partial charge on any atom is -0.413 e. The number of rotatable bonds is 1. The van der Waals surface area contributed by atoms with E-state index in [9.17, 15) is 4.79 Å². The second-order valence-electron chi connectivity index (χ2n) is 3.74. The SMILES string of the molecule is O=C1C=CC2(CC(c3ccccc3)=NO2)O1. The lowest BCUT2D eigenvalue weighted by molar-refractivity contribution is -0.188. The molecule has 0 radical (unpaired) electrons. The Morgan fingerprint density at radius 3 is 2.75 bits per heavy atom. The van der Waals surface area contributed by atoms with Gasteiger partial charge in [0, 0.05) is 12.2 Å². The summed E-state index contributed by atoms with van der Waals surface area (Å²) in [6.07, 6.45) is 3.43. The van der Waals surface area contributed by atoms with E-state index in [4.69, 9.17) is 9.57 Å². The number of benzene rings is 1. The molecule has 0 amide bonds. The van der Waals surface area contributed by atoms with Gasteiger partial charge in [-0.05, 0) is 5.56 Å². The van der Waals surface area contributed by atoms with Gasteiger partial charge in [0.05, 0.1) is 12.1 Å². The average molecular weight is 215 g/mol. The van der Waals surface area contributed by atoms with Crippen LogP contribution in [0.4, 0.5) is 0 Å².